The second kappa shape index (κ2) is 9.14. The van der Waals surface area contributed by atoms with Gasteiger partial charge < -0.3 is 20.8 Å². The Kier molecular flexibility index (Phi) is 6.39. The molecule has 0 saturated carbocycles. The molecule has 0 fully saturated rings. The number of hydrogen-bond acceptors (Lipinski definition) is 6. The third kappa shape index (κ3) is 4.51. The van der Waals surface area contributed by atoms with Crippen molar-refractivity contribution in [3.05, 3.63) is 60.0 Å². The lowest BCUT2D eigenvalue weighted by atomic mass is 10.1. The predicted octanol–water partition coefficient (Wildman–Crippen LogP) is 5.24. The Balaban J connectivity index is 2.11. The van der Waals surface area contributed by atoms with Gasteiger partial charge in [-0.1, -0.05) is 43.7 Å². The molecule has 1 heterocycles. The van der Waals surface area contributed by atoms with Crippen molar-refractivity contribution in [2.75, 3.05) is 24.8 Å². The number of methoxy groups -OCH3 is 1. The number of nitrogens with one attached hydrogen (secondary N) is 3. The summed E-state index contributed by atoms with van der Waals surface area (Å²) in [7, 11) is 3.18. The lowest BCUT2D eigenvalue weighted by Gasteiger charge is -2.17. The molecule has 2 aromatic carbocycles. The summed E-state index contributed by atoms with van der Waals surface area (Å²) in [6.45, 7) is 2.02. The van der Waals surface area contributed by atoms with Crippen LogP contribution in [0.25, 0.3) is 11.4 Å². The first-order chi connectivity index (χ1) is 14.1. The normalized spacial score (nSPS) is 10.5. The number of halogens is 1. The van der Waals surface area contributed by atoms with Crippen molar-refractivity contribution in [1.82, 2.24) is 9.97 Å². The molecule has 3 N–H and O–H groups in total. The molecule has 0 aliphatic carbocycles. The number of ether oxygens (including phenoxy) is 1. The van der Waals surface area contributed by atoms with Gasteiger partial charge in [-0.3, -0.25) is 0 Å². The molecule has 0 amide bonds. The fraction of sp³-hybridized carbons (Fsp3) is 0.227. The smallest absolute Gasteiger partial charge is 0.167 e. The highest BCUT2D eigenvalue weighted by Crippen LogP contribution is 2.31. The Bertz CT molecular complexity index is 1010. The van der Waals surface area contributed by atoms with Crippen molar-refractivity contribution in [1.29, 1.82) is 5.41 Å². The van der Waals surface area contributed by atoms with Gasteiger partial charge in [0.15, 0.2) is 23.2 Å². The summed E-state index contributed by atoms with van der Waals surface area (Å²) >= 11 is 0. The maximum Gasteiger partial charge on any atom is 0.167 e. The van der Waals surface area contributed by atoms with Crippen LogP contribution < -0.4 is 15.4 Å². The molecular formula is C22H24FN5O. The van der Waals surface area contributed by atoms with E-state index in [0.717, 1.165) is 12.0 Å². The Hall–Kier alpha value is -3.48. The van der Waals surface area contributed by atoms with E-state index in [1.54, 1.807) is 19.2 Å². The van der Waals surface area contributed by atoms with Gasteiger partial charge >= 0.3 is 0 Å². The highest BCUT2D eigenvalue weighted by molar-refractivity contribution is 6.03. The van der Waals surface area contributed by atoms with Gasteiger partial charge in [-0.2, -0.15) is 0 Å². The molecule has 150 valence electrons. The summed E-state index contributed by atoms with van der Waals surface area (Å²) in [5.41, 5.74) is 2.90. The van der Waals surface area contributed by atoms with Crippen LogP contribution in [0.5, 0.6) is 5.75 Å². The SMILES string of the molecule is CCCC(=N)c1nc(-c2ccccc2)nc(Nc2ccc(OC)c(F)c2)c1NC. The number of hydrogen-bond donors (Lipinski definition) is 3. The van der Waals surface area contributed by atoms with Crippen LogP contribution in [0.2, 0.25) is 0 Å². The van der Waals surface area contributed by atoms with Crippen LogP contribution in [0, 0.1) is 11.2 Å². The molecule has 29 heavy (non-hydrogen) atoms. The van der Waals surface area contributed by atoms with Gasteiger partial charge in [0.1, 0.15) is 11.4 Å². The van der Waals surface area contributed by atoms with Gasteiger partial charge in [0, 0.05) is 24.4 Å². The average molecular weight is 393 g/mol. The molecule has 7 heteroatoms. The number of nitrogens with zero attached hydrogens (tertiary/aromatic N) is 2. The van der Waals surface area contributed by atoms with Gasteiger partial charge in [-0.15, -0.1) is 0 Å². The lowest BCUT2D eigenvalue weighted by Crippen LogP contribution is -2.12. The van der Waals surface area contributed by atoms with E-state index in [-0.39, 0.29) is 5.75 Å². The largest absolute Gasteiger partial charge is 0.494 e. The lowest BCUT2D eigenvalue weighted by molar-refractivity contribution is 0.386. The van der Waals surface area contributed by atoms with E-state index in [0.29, 0.717) is 40.8 Å². The molecule has 0 aliphatic heterocycles. The van der Waals surface area contributed by atoms with Crippen molar-refractivity contribution < 1.29 is 9.13 Å². The van der Waals surface area contributed by atoms with E-state index in [2.05, 4.69) is 20.6 Å². The van der Waals surface area contributed by atoms with E-state index < -0.39 is 5.82 Å². The molecular weight excluding hydrogens is 369 g/mol. The third-order valence-electron chi connectivity index (χ3n) is 4.39. The van der Waals surface area contributed by atoms with Crippen molar-refractivity contribution in [2.45, 2.75) is 19.8 Å². The quantitative estimate of drug-likeness (QED) is 0.456. The molecule has 3 aromatic rings. The van der Waals surface area contributed by atoms with Crippen molar-refractivity contribution in [3.63, 3.8) is 0 Å². The monoisotopic (exact) mass is 393 g/mol. The topological polar surface area (TPSA) is 82.9 Å². The van der Waals surface area contributed by atoms with E-state index in [1.807, 2.05) is 37.3 Å². The summed E-state index contributed by atoms with van der Waals surface area (Å²) in [5.74, 6) is 0.668. The first-order valence-electron chi connectivity index (χ1n) is 9.41. The average Bonchev–Trinajstić information content (AvgIpc) is 2.74. The third-order valence-corrected chi connectivity index (χ3v) is 4.39. The summed E-state index contributed by atoms with van der Waals surface area (Å²) in [5, 5.41) is 14.7. The van der Waals surface area contributed by atoms with Crippen molar-refractivity contribution in [3.8, 4) is 17.1 Å². The Morgan fingerprint density at radius 2 is 1.90 bits per heavy atom. The first kappa shape index (κ1) is 20.3. The first-order valence-corrected chi connectivity index (χ1v) is 9.41. The fourth-order valence-electron chi connectivity index (χ4n) is 2.97. The van der Waals surface area contributed by atoms with Gasteiger partial charge in [0.05, 0.1) is 12.8 Å². The Morgan fingerprint density at radius 3 is 2.52 bits per heavy atom. The molecule has 0 unspecified atom stereocenters. The number of benzene rings is 2. The summed E-state index contributed by atoms with van der Waals surface area (Å²) in [6, 6.07) is 14.2. The minimum atomic E-state index is -0.472. The molecule has 0 saturated heterocycles. The molecule has 0 bridgehead atoms. The molecule has 0 spiro atoms. The zero-order chi connectivity index (χ0) is 20.8. The Labute approximate surface area is 169 Å². The van der Waals surface area contributed by atoms with E-state index in [1.165, 1.54) is 13.2 Å². The van der Waals surface area contributed by atoms with Crippen molar-refractivity contribution >= 4 is 22.9 Å². The van der Waals surface area contributed by atoms with Crippen LogP contribution >= 0.6 is 0 Å². The van der Waals surface area contributed by atoms with Gasteiger partial charge in [-0.05, 0) is 18.6 Å². The van der Waals surface area contributed by atoms with Crippen LogP contribution in [-0.4, -0.2) is 29.8 Å². The fourth-order valence-corrected chi connectivity index (χ4v) is 2.97. The summed E-state index contributed by atoms with van der Waals surface area (Å²) in [6.07, 6.45) is 1.43. The minimum absolute atomic E-state index is 0.169. The highest BCUT2D eigenvalue weighted by Gasteiger charge is 2.18. The van der Waals surface area contributed by atoms with Crippen LogP contribution in [0.1, 0.15) is 25.5 Å². The maximum atomic E-state index is 14.1. The number of aromatic nitrogens is 2. The molecule has 0 atom stereocenters. The molecule has 3 rings (SSSR count). The van der Waals surface area contributed by atoms with Gasteiger partial charge in [0.25, 0.3) is 0 Å². The van der Waals surface area contributed by atoms with E-state index in [9.17, 15) is 4.39 Å². The standard InChI is InChI=1S/C22H24FN5O/c1-4-8-17(24)19-20(25-2)22(26-15-11-12-18(29-3)16(23)13-15)28-21(27-19)14-9-6-5-7-10-14/h5-7,9-13,24-25H,4,8H2,1-3H3,(H,26,27,28). The highest BCUT2D eigenvalue weighted by atomic mass is 19.1. The van der Waals surface area contributed by atoms with Gasteiger partial charge in [-0.25, -0.2) is 14.4 Å². The maximum absolute atomic E-state index is 14.1. The zero-order valence-electron chi connectivity index (χ0n) is 16.7. The van der Waals surface area contributed by atoms with Crippen LogP contribution in [0.3, 0.4) is 0 Å². The second-order valence-electron chi connectivity index (χ2n) is 6.44. The molecule has 6 nitrogen and oxygen atoms in total. The number of rotatable bonds is 8. The van der Waals surface area contributed by atoms with E-state index >= 15 is 0 Å². The second-order valence-corrected chi connectivity index (χ2v) is 6.44. The van der Waals surface area contributed by atoms with Gasteiger partial charge in [0.2, 0.25) is 0 Å². The summed E-state index contributed by atoms with van der Waals surface area (Å²) < 4.78 is 19.1. The van der Waals surface area contributed by atoms with Crippen LogP contribution in [0.15, 0.2) is 48.5 Å². The molecule has 1 aromatic heterocycles. The number of anilines is 3. The van der Waals surface area contributed by atoms with Crippen molar-refractivity contribution in [2.24, 2.45) is 0 Å². The zero-order valence-corrected chi connectivity index (χ0v) is 16.7. The predicted molar refractivity (Wildman–Crippen MR) is 115 cm³/mol. The molecule has 0 aliphatic rings. The van der Waals surface area contributed by atoms with Crippen LogP contribution in [-0.2, 0) is 0 Å². The minimum Gasteiger partial charge on any atom is -0.494 e. The van der Waals surface area contributed by atoms with E-state index in [4.69, 9.17) is 10.1 Å². The van der Waals surface area contributed by atoms with Crippen LogP contribution in [0.4, 0.5) is 21.6 Å². The summed E-state index contributed by atoms with van der Waals surface area (Å²) in [4.78, 5) is 9.30. The molecule has 0 radical (unpaired) electrons. The Morgan fingerprint density at radius 1 is 1.14 bits per heavy atom.